The van der Waals surface area contributed by atoms with E-state index in [-0.39, 0.29) is 6.29 Å². The molecule has 0 fully saturated rings. The highest BCUT2D eigenvalue weighted by Gasteiger charge is 2.12. The molecule has 1 aliphatic rings. The van der Waals surface area contributed by atoms with Crippen molar-refractivity contribution in [1.29, 1.82) is 0 Å². The summed E-state index contributed by atoms with van der Waals surface area (Å²) in [6.07, 6.45) is 2.69. The molecular weight excluding hydrogens is 132 g/mol. The van der Waals surface area contributed by atoms with Gasteiger partial charge in [0.05, 0.1) is 12.7 Å². The Morgan fingerprint density at radius 2 is 2.50 bits per heavy atom. The van der Waals surface area contributed by atoms with Crippen molar-refractivity contribution in [3.63, 3.8) is 0 Å². The largest absolute Gasteiger partial charge is 0.387 e. The Labute approximate surface area is 60.3 Å². The predicted molar refractivity (Wildman–Crippen MR) is 36.5 cm³/mol. The van der Waals surface area contributed by atoms with Gasteiger partial charge in [0.1, 0.15) is 0 Å². The first kappa shape index (κ1) is 7.72. The van der Waals surface area contributed by atoms with Gasteiger partial charge in [-0.05, 0) is 13.0 Å². The molecule has 1 heterocycles. The van der Waals surface area contributed by atoms with E-state index in [0.717, 1.165) is 0 Å². The SMILES string of the molecule is CCO[C@H]1C=C[C@@H](O)CO1. The summed E-state index contributed by atoms with van der Waals surface area (Å²) in [5.74, 6) is 0. The third kappa shape index (κ3) is 2.10. The molecule has 1 aliphatic heterocycles. The lowest BCUT2D eigenvalue weighted by molar-refractivity contribution is -0.129. The van der Waals surface area contributed by atoms with Crippen LogP contribution in [-0.4, -0.2) is 30.7 Å². The molecule has 1 rings (SSSR count). The molecule has 0 saturated heterocycles. The topological polar surface area (TPSA) is 38.7 Å². The summed E-state index contributed by atoms with van der Waals surface area (Å²) in [5, 5.41) is 8.93. The van der Waals surface area contributed by atoms with Gasteiger partial charge in [-0.15, -0.1) is 0 Å². The van der Waals surface area contributed by atoms with Crippen LogP contribution in [0.1, 0.15) is 6.92 Å². The van der Waals surface area contributed by atoms with E-state index in [4.69, 9.17) is 14.6 Å². The summed E-state index contributed by atoms with van der Waals surface area (Å²) in [4.78, 5) is 0. The third-order valence-corrected chi connectivity index (χ3v) is 1.25. The lowest BCUT2D eigenvalue weighted by Gasteiger charge is -2.19. The first-order valence-electron chi connectivity index (χ1n) is 3.42. The average Bonchev–Trinajstić information content (AvgIpc) is 1.95. The van der Waals surface area contributed by atoms with E-state index in [1.54, 1.807) is 12.2 Å². The van der Waals surface area contributed by atoms with Crippen molar-refractivity contribution >= 4 is 0 Å². The highest BCUT2D eigenvalue weighted by molar-refractivity contribution is 4.94. The van der Waals surface area contributed by atoms with Crippen molar-refractivity contribution < 1.29 is 14.6 Å². The zero-order valence-corrected chi connectivity index (χ0v) is 5.99. The molecule has 0 unspecified atom stereocenters. The Morgan fingerprint density at radius 3 is 3.00 bits per heavy atom. The van der Waals surface area contributed by atoms with Crippen molar-refractivity contribution in [3.8, 4) is 0 Å². The molecule has 1 N–H and O–H groups in total. The summed E-state index contributed by atoms with van der Waals surface area (Å²) in [5.41, 5.74) is 0. The standard InChI is InChI=1S/C7H12O3/c1-2-9-7-4-3-6(8)5-10-7/h3-4,6-8H,2,5H2,1H3/t6-,7-/m1/s1. The van der Waals surface area contributed by atoms with E-state index in [2.05, 4.69) is 0 Å². The summed E-state index contributed by atoms with van der Waals surface area (Å²) >= 11 is 0. The lowest BCUT2D eigenvalue weighted by atomic mass is 10.3. The van der Waals surface area contributed by atoms with Crippen LogP contribution in [0.25, 0.3) is 0 Å². The molecule has 0 radical (unpaired) electrons. The molecular formula is C7H12O3. The van der Waals surface area contributed by atoms with Crippen LogP contribution in [0.4, 0.5) is 0 Å². The second-order valence-electron chi connectivity index (χ2n) is 2.11. The Kier molecular flexibility index (Phi) is 2.86. The van der Waals surface area contributed by atoms with Gasteiger partial charge in [0, 0.05) is 6.61 Å². The first-order valence-corrected chi connectivity index (χ1v) is 3.42. The number of hydrogen-bond donors (Lipinski definition) is 1. The van der Waals surface area contributed by atoms with E-state index in [0.29, 0.717) is 13.2 Å². The maximum atomic E-state index is 8.93. The van der Waals surface area contributed by atoms with E-state index in [1.165, 1.54) is 0 Å². The van der Waals surface area contributed by atoms with E-state index < -0.39 is 6.10 Å². The van der Waals surface area contributed by atoms with Crippen LogP contribution in [-0.2, 0) is 9.47 Å². The minimum atomic E-state index is -0.461. The Morgan fingerprint density at radius 1 is 1.70 bits per heavy atom. The quantitative estimate of drug-likeness (QED) is 0.566. The molecule has 3 nitrogen and oxygen atoms in total. The van der Waals surface area contributed by atoms with Gasteiger partial charge in [0.2, 0.25) is 0 Å². The van der Waals surface area contributed by atoms with Crippen LogP contribution in [0, 0.1) is 0 Å². The number of rotatable bonds is 2. The second-order valence-corrected chi connectivity index (χ2v) is 2.11. The third-order valence-electron chi connectivity index (χ3n) is 1.25. The van der Waals surface area contributed by atoms with Gasteiger partial charge in [-0.1, -0.05) is 6.08 Å². The molecule has 0 aliphatic carbocycles. The average molecular weight is 144 g/mol. The van der Waals surface area contributed by atoms with Gasteiger partial charge < -0.3 is 14.6 Å². The first-order chi connectivity index (χ1) is 4.83. The number of ether oxygens (including phenoxy) is 2. The Balaban J connectivity index is 2.30. The minimum absolute atomic E-state index is 0.256. The second kappa shape index (κ2) is 3.71. The van der Waals surface area contributed by atoms with Crippen LogP contribution < -0.4 is 0 Å². The van der Waals surface area contributed by atoms with E-state index in [1.807, 2.05) is 6.92 Å². The fourth-order valence-corrected chi connectivity index (χ4v) is 0.791. The van der Waals surface area contributed by atoms with E-state index in [9.17, 15) is 0 Å². The van der Waals surface area contributed by atoms with Crippen molar-refractivity contribution in [2.45, 2.75) is 19.3 Å². The van der Waals surface area contributed by atoms with Crippen LogP contribution in [0.15, 0.2) is 12.2 Å². The van der Waals surface area contributed by atoms with E-state index >= 15 is 0 Å². The van der Waals surface area contributed by atoms with Gasteiger partial charge in [-0.2, -0.15) is 0 Å². The molecule has 0 amide bonds. The summed E-state index contributed by atoms with van der Waals surface area (Å²) in [7, 11) is 0. The molecule has 2 atom stereocenters. The smallest absolute Gasteiger partial charge is 0.177 e. The fraction of sp³-hybridized carbons (Fsp3) is 0.714. The number of aliphatic hydroxyl groups excluding tert-OH is 1. The van der Waals surface area contributed by atoms with Crippen molar-refractivity contribution in [3.05, 3.63) is 12.2 Å². The monoisotopic (exact) mass is 144 g/mol. The predicted octanol–water partition coefficient (Wildman–Crippen LogP) is 0.296. The van der Waals surface area contributed by atoms with Gasteiger partial charge >= 0.3 is 0 Å². The highest BCUT2D eigenvalue weighted by Crippen LogP contribution is 2.05. The lowest BCUT2D eigenvalue weighted by Crippen LogP contribution is -2.26. The van der Waals surface area contributed by atoms with Crippen LogP contribution >= 0.6 is 0 Å². The molecule has 0 bridgehead atoms. The van der Waals surface area contributed by atoms with Crippen molar-refractivity contribution in [2.75, 3.05) is 13.2 Å². The summed E-state index contributed by atoms with van der Waals surface area (Å²) < 4.78 is 10.2. The molecule has 0 saturated carbocycles. The molecule has 10 heavy (non-hydrogen) atoms. The summed E-state index contributed by atoms with van der Waals surface area (Å²) in [6.45, 7) is 2.87. The zero-order chi connectivity index (χ0) is 7.40. The number of hydrogen-bond acceptors (Lipinski definition) is 3. The van der Waals surface area contributed by atoms with Crippen molar-refractivity contribution in [2.24, 2.45) is 0 Å². The van der Waals surface area contributed by atoms with Gasteiger partial charge in [0.15, 0.2) is 6.29 Å². The highest BCUT2D eigenvalue weighted by atomic mass is 16.7. The van der Waals surface area contributed by atoms with Gasteiger partial charge in [-0.3, -0.25) is 0 Å². The molecule has 0 aromatic heterocycles. The molecule has 0 spiro atoms. The molecule has 3 heteroatoms. The van der Waals surface area contributed by atoms with Crippen molar-refractivity contribution in [1.82, 2.24) is 0 Å². The fourth-order valence-electron chi connectivity index (χ4n) is 0.791. The number of aliphatic hydroxyl groups is 1. The Bertz CT molecular complexity index is 122. The maximum absolute atomic E-state index is 8.93. The molecule has 0 aromatic rings. The molecule has 58 valence electrons. The van der Waals surface area contributed by atoms with Crippen LogP contribution in [0.2, 0.25) is 0 Å². The van der Waals surface area contributed by atoms with Gasteiger partial charge in [0.25, 0.3) is 0 Å². The van der Waals surface area contributed by atoms with Gasteiger partial charge in [-0.25, -0.2) is 0 Å². The Hall–Kier alpha value is -0.380. The normalized spacial score (nSPS) is 32.6. The summed E-state index contributed by atoms with van der Waals surface area (Å²) in [6, 6.07) is 0. The maximum Gasteiger partial charge on any atom is 0.177 e. The zero-order valence-electron chi connectivity index (χ0n) is 5.99. The van der Waals surface area contributed by atoms with Crippen LogP contribution in [0.3, 0.4) is 0 Å². The van der Waals surface area contributed by atoms with Crippen LogP contribution in [0.5, 0.6) is 0 Å². The molecule has 0 aromatic carbocycles. The minimum Gasteiger partial charge on any atom is -0.387 e.